The Morgan fingerprint density at radius 1 is 1.56 bits per heavy atom. The molecule has 0 aromatic carbocycles. The molecule has 0 saturated heterocycles. The van der Waals surface area contributed by atoms with Crippen LogP contribution in [-0.2, 0) is 0 Å². The summed E-state index contributed by atoms with van der Waals surface area (Å²) in [5.41, 5.74) is 5.50. The standard InChI is InChI=1S/C11H17FN4/c1-7(2)6-16(8-3-4-8)10-9(12)5-14-11(13)15-10/h5,7-8H,3-4,6H2,1-2H3,(H2,13,14,15). The Labute approximate surface area is 94.7 Å². The lowest BCUT2D eigenvalue weighted by Crippen LogP contribution is -2.31. The minimum atomic E-state index is -0.387. The first-order valence-electron chi connectivity index (χ1n) is 5.62. The molecule has 4 nitrogen and oxygen atoms in total. The van der Waals surface area contributed by atoms with Gasteiger partial charge in [-0.25, -0.2) is 9.37 Å². The van der Waals surface area contributed by atoms with Gasteiger partial charge < -0.3 is 10.6 Å². The van der Waals surface area contributed by atoms with Crippen LogP contribution < -0.4 is 10.6 Å². The molecule has 0 unspecified atom stereocenters. The van der Waals surface area contributed by atoms with Crippen LogP contribution in [0.5, 0.6) is 0 Å². The molecular weight excluding hydrogens is 207 g/mol. The van der Waals surface area contributed by atoms with Crippen LogP contribution in [-0.4, -0.2) is 22.6 Å². The third-order valence-electron chi connectivity index (χ3n) is 2.57. The van der Waals surface area contributed by atoms with Crippen LogP contribution in [0.3, 0.4) is 0 Å². The molecular formula is C11H17FN4. The Hall–Kier alpha value is -1.39. The predicted molar refractivity (Wildman–Crippen MR) is 61.6 cm³/mol. The smallest absolute Gasteiger partial charge is 0.222 e. The molecule has 0 amide bonds. The lowest BCUT2D eigenvalue weighted by molar-refractivity contribution is 0.566. The lowest BCUT2D eigenvalue weighted by atomic mass is 10.2. The van der Waals surface area contributed by atoms with Crippen molar-refractivity contribution >= 4 is 11.8 Å². The van der Waals surface area contributed by atoms with E-state index in [0.717, 1.165) is 25.6 Å². The number of anilines is 2. The van der Waals surface area contributed by atoms with E-state index >= 15 is 0 Å². The first kappa shape index (κ1) is 11.1. The zero-order valence-electron chi connectivity index (χ0n) is 9.65. The lowest BCUT2D eigenvalue weighted by Gasteiger charge is -2.25. The summed E-state index contributed by atoms with van der Waals surface area (Å²) < 4.78 is 13.6. The Kier molecular flexibility index (Phi) is 2.94. The van der Waals surface area contributed by atoms with Crippen LogP contribution in [0.2, 0.25) is 0 Å². The van der Waals surface area contributed by atoms with Gasteiger partial charge in [0.2, 0.25) is 5.95 Å². The van der Waals surface area contributed by atoms with E-state index in [1.807, 2.05) is 4.90 Å². The van der Waals surface area contributed by atoms with E-state index in [-0.39, 0.29) is 11.8 Å². The summed E-state index contributed by atoms with van der Waals surface area (Å²) in [5.74, 6) is 0.562. The third kappa shape index (κ3) is 2.40. The number of hydrogen-bond acceptors (Lipinski definition) is 4. The van der Waals surface area contributed by atoms with Gasteiger partial charge in [-0.15, -0.1) is 0 Å². The maximum absolute atomic E-state index is 13.6. The minimum Gasteiger partial charge on any atom is -0.368 e. The summed E-state index contributed by atoms with van der Waals surface area (Å²) in [6, 6.07) is 0.422. The Balaban J connectivity index is 2.26. The molecule has 5 heteroatoms. The van der Waals surface area contributed by atoms with Crippen LogP contribution in [0.1, 0.15) is 26.7 Å². The molecule has 88 valence electrons. The summed E-state index contributed by atoms with van der Waals surface area (Å²) in [6.45, 7) is 5.02. The molecule has 1 aromatic heterocycles. The van der Waals surface area contributed by atoms with Gasteiger partial charge in [0.05, 0.1) is 6.20 Å². The molecule has 0 spiro atoms. The molecule has 0 atom stereocenters. The van der Waals surface area contributed by atoms with E-state index in [1.165, 1.54) is 0 Å². The number of nitrogen functional groups attached to an aromatic ring is 1. The van der Waals surface area contributed by atoms with Crippen molar-refractivity contribution in [2.45, 2.75) is 32.7 Å². The zero-order valence-corrected chi connectivity index (χ0v) is 9.65. The molecule has 1 fully saturated rings. The highest BCUT2D eigenvalue weighted by molar-refractivity contribution is 5.45. The fourth-order valence-corrected chi connectivity index (χ4v) is 1.76. The molecule has 2 rings (SSSR count). The van der Waals surface area contributed by atoms with E-state index in [1.54, 1.807) is 0 Å². The van der Waals surface area contributed by atoms with Crippen LogP contribution in [0.25, 0.3) is 0 Å². The summed E-state index contributed by atoms with van der Waals surface area (Å²) in [6.07, 6.45) is 3.36. The second kappa shape index (κ2) is 4.23. The van der Waals surface area contributed by atoms with Crippen molar-refractivity contribution in [1.82, 2.24) is 9.97 Å². The van der Waals surface area contributed by atoms with Crippen LogP contribution in [0.15, 0.2) is 6.20 Å². The highest BCUT2D eigenvalue weighted by atomic mass is 19.1. The minimum absolute atomic E-state index is 0.130. The Bertz CT molecular complexity index is 376. The van der Waals surface area contributed by atoms with Gasteiger partial charge >= 0.3 is 0 Å². The van der Waals surface area contributed by atoms with E-state index in [9.17, 15) is 4.39 Å². The quantitative estimate of drug-likeness (QED) is 0.847. The van der Waals surface area contributed by atoms with Crippen molar-refractivity contribution in [3.8, 4) is 0 Å². The second-order valence-electron chi connectivity index (χ2n) is 4.68. The van der Waals surface area contributed by atoms with Crippen molar-refractivity contribution < 1.29 is 4.39 Å². The molecule has 1 aliphatic carbocycles. The van der Waals surface area contributed by atoms with Gasteiger partial charge in [-0.05, 0) is 18.8 Å². The fourth-order valence-electron chi connectivity index (χ4n) is 1.76. The number of rotatable bonds is 4. The molecule has 0 aliphatic heterocycles. The first-order valence-corrected chi connectivity index (χ1v) is 5.62. The van der Waals surface area contributed by atoms with Crippen molar-refractivity contribution in [2.75, 3.05) is 17.2 Å². The van der Waals surface area contributed by atoms with Gasteiger partial charge in [-0.2, -0.15) is 4.98 Å². The number of aromatic nitrogens is 2. The van der Waals surface area contributed by atoms with Crippen molar-refractivity contribution in [3.05, 3.63) is 12.0 Å². The Morgan fingerprint density at radius 3 is 2.81 bits per heavy atom. The molecule has 1 saturated carbocycles. The van der Waals surface area contributed by atoms with Crippen molar-refractivity contribution in [3.63, 3.8) is 0 Å². The number of nitrogens with two attached hydrogens (primary N) is 1. The maximum Gasteiger partial charge on any atom is 0.222 e. The number of hydrogen-bond donors (Lipinski definition) is 1. The van der Waals surface area contributed by atoms with Gasteiger partial charge in [0, 0.05) is 12.6 Å². The zero-order chi connectivity index (χ0) is 11.7. The average molecular weight is 224 g/mol. The highest BCUT2D eigenvalue weighted by Gasteiger charge is 2.32. The van der Waals surface area contributed by atoms with Gasteiger partial charge in [-0.3, -0.25) is 0 Å². The summed E-state index contributed by atoms with van der Waals surface area (Å²) in [5, 5.41) is 0. The number of nitrogens with zero attached hydrogens (tertiary/aromatic N) is 3. The van der Waals surface area contributed by atoms with E-state index in [0.29, 0.717) is 17.8 Å². The van der Waals surface area contributed by atoms with E-state index in [2.05, 4.69) is 23.8 Å². The van der Waals surface area contributed by atoms with Crippen molar-refractivity contribution in [2.24, 2.45) is 5.92 Å². The average Bonchev–Trinajstić information content (AvgIpc) is 3.02. The van der Waals surface area contributed by atoms with Crippen molar-refractivity contribution in [1.29, 1.82) is 0 Å². The van der Waals surface area contributed by atoms with E-state index in [4.69, 9.17) is 5.73 Å². The molecule has 1 aliphatic rings. The normalized spacial score (nSPS) is 15.5. The molecule has 16 heavy (non-hydrogen) atoms. The molecule has 2 N–H and O–H groups in total. The van der Waals surface area contributed by atoms with Gasteiger partial charge in [0.25, 0.3) is 0 Å². The van der Waals surface area contributed by atoms with E-state index < -0.39 is 0 Å². The summed E-state index contributed by atoms with van der Waals surface area (Å²) in [4.78, 5) is 9.66. The summed E-state index contributed by atoms with van der Waals surface area (Å²) >= 11 is 0. The first-order chi connectivity index (χ1) is 7.58. The van der Waals surface area contributed by atoms with Gasteiger partial charge in [-0.1, -0.05) is 13.8 Å². The highest BCUT2D eigenvalue weighted by Crippen LogP contribution is 2.32. The number of halogens is 1. The van der Waals surface area contributed by atoms with Gasteiger partial charge in [0.1, 0.15) is 0 Å². The Morgan fingerprint density at radius 2 is 2.25 bits per heavy atom. The molecule has 0 radical (unpaired) electrons. The SMILES string of the molecule is CC(C)CN(c1nc(N)ncc1F)C1CC1. The molecule has 0 bridgehead atoms. The van der Waals surface area contributed by atoms with Crippen LogP contribution in [0.4, 0.5) is 16.2 Å². The predicted octanol–water partition coefficient (Wildman–Crippen LogP) is 1.82. The monoisotopic (exact) mass is 224 g/mol. The third-order valence-corrected chi connectivity index (χ3v) is 2.57. The topological polar surface area (TPSA) is 55.0 Å². The fraction of sp³-hybridized carbons (Fsp3) is 0.636. The largest absolute Gasteiger partial charge is 0.368 e. The summed E-state index contributed by atoms with van der Waals surface area (Å²) in [7, 11) is 0. The molecule has 1 heterocycles. The van der Waals surface area contributed by atoms with Crippen LogP contribution >= 0.6 is 0 Å². The van der Waals surface area contributed by atoms with Crippen LogP contribution in [0, 0.1) is 11.7 Å². The molecule has 1 aromatic rings. The van der Waals surface area contributed by atoms with Gasteiger partial charge in [0.15, 0.2) is 11.6 Å². The second-order valence-corrected chi connectivity index (χ2v) is 4.68. The maximum atomic E-state index is 13.6.